The van der Waals surface area contributed by atoms with Crippen molar-refractivity contribution in [2.75, 3.05) is 0 Å². The molecular weight excluding hydrogens is 478 g/mol. The molecule has 4 aromatic rings. The van der Waals surface area contributed by atoms with Gasteiger partial charge >= 0.3 is 41.3 Å². The molecule has 1 aromatic heterocycles. The molecule has 0 N–H and O–H groups in total. The third-order valence-electron chi connectivity index (χ3n) is 4.03. The van der Waals surface area contributed by atoms with E-state index in [1.54, 1.807) is 30.5 Å². The molecule has 1 aliphatic carbocycles. The van der Waals surface area contributed by atoms with Crippen molar-refractivity contribution in [3.05, 3.63) is 97.0 Å². The van der Waals surface area contributed by atoms with Crippen LogP contribution in [-0.2, 0) is 24.2 Å². The van der Waals surface area contributed by atoms with Crippen LogP contribution >= 0.6 is 0 Å². The van der Waals surface area contributed by atoms with Gasteiger partial charge in [-0.2, -0.15) is 6.08 Å². The number of benzene rings is 2. The van der Waals surface area contributed by atoms with E-state index in [9.17, 15) is 0 Å². The van der Waals surface area contributed by atoms with E-state index in [1.165, 1.54) is 24.8 Å². The first-order valence-electron chi connectivity index (χ1n) is 9.01. The monoisotopic (exact) mass is 498 g/mol. The summed E-state index contributed by atoms with van der Waals surface area (Å²) >= 11 is 1.55. The van der Waals surface area contributed by atoms with Gasteiger partial charge in [0.25, 0.3) is 0 Å². The maximum atomic E-state index is 5.18. The zero-order valence-electron chi connectivity index (χ0n) is 16.5. The Labute approximate surface area is 200 Å². The number of rotatable bonds is 1. The molecule has 0 aliphatic heterocycles. The van der Waals surface area contributed by atoms with Gasteiger partial charge in [0.2, 0.25) is 0 Å². The Bertz CT molecular complexity index is 1030. The minimum Gasteiger partial charge on any atom is -1.00 e. The second-order valence-corrected chi connectivity index (χ2v) is 8.97. The largest absolute Gasteiger partial charge is 1.00 e. The van der Waals surface area contributed by atoms with Gasteiger partial charge in [-0.25, -0.2) is 6.08 Å². The maximum absolute atomic E-state index is 5.18. The van der Waals surface area contributed by atoms with Crippen LogP contribution in [-0.4, -0.2) is 3.21 Å². The summed E-state index contributed by atoms with van der Waals surface area (Å²) in [7, 11) is 0. The molecule has 0 amide bonds. The molecule has 0 radical (unpaired) electrons. The molecular formula is C25H22Cl2OZr-2. The van der Waals surface area contributed by atoms with E-state index in [-0.39, 0.29) is 24.8 Å². The third kappa shape index (κ3) is 7.30. The van der Waals surface area contributed by atoms with E-state index < -0.39 is 0 Å². The molecule has 1 nitrogen and oxygen atoms in total. The normalized spacial score (nSPS) is 11.4. The molecule has 5 rings (SSSR count). The van der Waals surface area contributed by atoms with Crippen molar-refractivity contribution < 1.29 is 53.5 Å². The number of halogens is 2. The van der Waals surface area contributed by atoms with Gasteiger partial charge in [-0.1, -0.05) is 36.4 Å². The first-order chi connectivity index (χ1) is 13.1. The molecule has 148 valence electrons. The zero-order valence-corrected chi connectivity index (χ0v) is 20.4. The summed E-state index contributed by atoms with van der Waals surface area (Å²) < 4.78 is 6.68. The predicted molar refractivity (Wildman–Crippen MR) is 113 cm³/mol. The smallest absolute Gasteiger partial charge is 0.0887 e. The number of furan rings is 1. The van der Waals surface area contributed by atoms with Gasteiger partial charge in [0.05, 0.1) is 12.0 Å². The molecule has 0 fully saturated rings. The van der Waals surface area contributed by atoms with Crippen molar-refractivity contribution >= 4 is 30.3 Å². The average molecular weight is 501 g/mol. The van der Waals surface area contributed by atoms with Crippen molar-refractivity contribution in [2.24, 2.45) is 0 Å². The van der Waals surface area contributed by atoms with Crippen molar-refractivity contribution in [3.8, 4) is 0 Å². The molecule has 4 heteroatoms. The molecule has 29 heavy (non-hydrogen) atoms. The Hall–Kier alpha value is -1.60. The molecule has 3 aromatic carbocycles. The van der Waals surface area contributed by atoms with Gasteiger partial charge < -0.3 is 29.2 Å². The van der Waals surface area contributed by atoms with Crippen molar-refractivity contribution in [3.63, 3.8) is 0 Å². The molecule has 1 aliphatic rings. The van der Waals surface area contributed by atoms with Gasteiger partial charge in [0.15, 0.2) is 0 Å². The van der Waals surface area contributed by atoms with E-state index in [0.29, 0.717) is 0 Å². The molecule has 0 saturated heterocycles. The summed E-state index contributed by atoms with van der Waals surface area (Å²) in [4.78, 5) is 0. The third-order valence-corrected chi connectivity index (χ3v) is 4.03. The van der Waals surface area contributed by atoms with Crippen LogP contribution in [0.3, 0.4) is 0 Å². The average Bonchev–Trinajstić information content (AvgIpc) is 3.41. The fourth-order valence-electron chi connectivity index (χ4n) is 2.92. The fraction of sp³-hybridized carbons (Fsp3) is 0.120. The number of fused-ring (bicyclic) bond motifs is 3. The summed E-state index contributed by atoms with van der Waals surface area (Å²) in [6.45, 7) is 4.25. The second kappa shape index (κ2) is 12.9. The Kier molecular flexibility index (Phi) is 11.3. The quantitative estimate of drug-likeness (QED) is 0.354. The fourth-order valence-corrected chi connectivity index (χ4v) is 2.92. The molecule has 1 heterocycles. The van der Waals surface area contributed by atoms with Crippen LogP contribution in [0.1, 0.15) is 26.0 Å². The Morgan fingerprint density at radius 1 is 0.897 bits per heavy atom. The van der Waals surface area contributed by atoms with E-state index in [2.05, 4.69) is 80.6 Å². The number of allylic oxidation sites excluding steroid dienone is 4. The van der Waals surface area contributed by atoms with Gasteiger partial charge in [0.1, 0.15) is 0 Å². The van der Waals surface area contributed by atoms with Crippen molar-refractivity contribution in [2.45, 2.75) is 20.3 Å². The van der Waals surface area contributed by atoms with E-state index >= 15 is 0 Å². The molecule has 0 unspecified atom stereocenters. The summed E-state index contributed by atoms with van der Waals surface area (Å²) in [5.74, 6) is 0.935. The summed E-state index contributed by atoms with van der Waals surface area (Å²) in [5.41, 5.74) is 1.14. The summed E-state index contributed by atoms with van der Waals surface area (Å²) in [6.07, 6.45) is 9.73. The van der Waals surface area contributed by atoms with Gasteiger partial charge in [-0.15, -0.1) is 51.7 Å². The van der Waals surface area contributed by atoms with Gasteiger partial charge in [0, 0.05) is 0 Å². The van der Waals surface area contributed by atoms with Crippen LogP contribution in [0, 0.1) is 6.08 Å². The van der Waals surface area contributed by atoms with E-state index in [1.807, 2.05) is 18.2 Å². The number of hydrogen-bond donors (Lipinski definition) is 0. The SMILES string of the molecule is C[C](C)=[Zr+2].[C-]1=CC(c2ccco2)=CC1.[Cl-].[Cl-].c1ccc2c(c1)[cH-]c1ccccc12. The standard InChI is InChI=1S/C13H9.C9H7O.C3H6.2ClH.Zr/c1-3-7-12-10(5-1)9-11-6-2-4-8-13(11)12;1-2-5-8(4-1)9-6-3-7-10-9;1-3-2;;;/h1-9H;3-7H,1H2;1-2H3;2*1H;/q2*-1;;;;+2/p-2. The van der Waals surface area contributed by atoms with E-state index in [4.69, 9.17) is 4.42 Å². The summed E-state index contributed by atoms with van der Waals surface area (Å²) in [5, 5.41) is 5.39. The topological polar surface area (TPSA) is 13.1 Å². The van der Waals surface area contributed by atoms with Crippen LogP contribution in [0.5, 0.6) is 0 Å². The maximum Gasteiger partial charge on any atom is 0.0887 e. The summed E-state index contributed by atoms with van der Waals surface area (Å²) in [6, 6.07) is 23.1. The molecule has 0 bridgehead atoms. The minimum atomic E-state index is 0. The van der Waals surface area contributed by atoms with Crippen LogP contribution in [0.4, 0.5) is 0 Å². The Morgan fingerprint density at radius 3 is 1.90 bits per heavy atom. The Balaban J connectivity index is 0.000000237. The second-order valence-electron chi connectivity index (χ2n) is 6.51. The molecule has 0 spiro atoms. The van der Waals surface area contributed by atoms with E-state index in [0.717, 1.165) is 17.8 Å². The first kappa shape index (κ1) is 25.4. The molecule has 0 saturated carbocycles. The predicted octanol–water partition coefficient (Wildman–Crippen LogP) is 0.891. The minimum absolute atomic E-state index is 0. The van der Waals surface area contributed by atoms with Crippen molar-refractivity contribution in [1.29, 1.82) is 0 Å². The number of hydrogen-bond acceptors (Lipinski definition) is 1. The van der Waals surface area contributed by atoms with Gasteiger partial charge in [-0.05, 0) is 12.1 Å². The van der Waals surface area contributed by atoms with Crippen LogP contribution in [0.15, 0.2) is 89.6 Å². The van der Waals surface area contributed by atoms with Crippen molar-refractivity contribution in [1.82, 2.24) is 0 Å². The zero-order chi connectivity index (χ0) is 19.1. The molecule has 0 atom stereocenters. The van der Waals surface area contributed by atoms with Crippen LogP contribution < -0.4 is 24.8 Å². The van der Waals surface area contributed by atoms with Crippen LogP contribution in [0.25, 0.3) is 27.1 Å². The Morgan fingerprint density at radius 2 is 1.45 bits per heavy atom. The van der Waals surface area contributed by atoms with Gasteiger partial charge in [-0.3, -0.25) is 6.08 Å². The first-order valence-corrected chi connectivity index (χ1v) is 10.2. The van der Waals surface area contributed by atoms with Crippen LogP contribution in [0.2, 0.25) is 0 Å².